The summed E-state index contributed by atoms with van der Waals surface area (Å²) in [7, 11) is 1.68. The molecule has 1 aliphatic heterocycles. The van der Waals surface area contributed by atoms with Crippen LogP contribution in [0.1, 0.15) is 22.7 Å². The van der Waals surface area contributed by atoms with Crippen LogP contribution in [0.25, 0.3) is 0 Å². The van der Waals surface area contributed by atoms with Crippen molar-refractivity contribution in [1.29, 1.82) is 0 Å². The van der Waals surface area contributed by atoms with E-state index in [0.717, 1.165) is 17.1 Å². The minimum atomic E-state index is -0.0164. The minimum absolute atomic E-state index is 0.0164. The zero-order valence-electron chi connectivity index (χ0n) is 13.6. The van der Waals surface area contributed by atoms with Crippen molar-refractivity contribution in [2.75, 3.05) is 12.0 Å². The van der Waals surface area contributed by atoms with E-state index in [4.69, 9.17) is 17.0 Å². The van der Waals surface area contributed by atoms with Crippen molar-refractivity contribution in [3.8, 4) is 5.75 Å². The fraction of sp³-hybridized carbons (Fsp3) is 0.158. The van der Waals surface area contributed by atoms with Gasteiger partial charge in [0.05, 0.1) is 30.6 Å². The Morgan fingerprint density at radius 2 is 1.96 bits per heavy atom. The average Bonchev–Trinajstić information content (AvgIpc) is 3.30. The highest BCUT2D eigenvalue weighted by atomic mass is 32.1. The van der Waals surface area contributed by atoms with Crippen LogP contribution < -0.4 is 15.0 Å². The molecular weight excluding hydrogens is 350 g/mol. The molecule has 1 aromatic carbocycles. The highest BCUT2D eigenvalue weighted by Crippen LogP contribution is 2.45. The number of rotatable bonds is 4. The number of nitrogens with zero attached hydrogens (tertiary/aromatic N) is 2. The Kier molecular flexibility index (Phi) is 4.38. The normalized spacial score (nSPS) is 19.7. The van der Waals surface area contributed by atoms with E-state index in [1.807, 2.05) is 48.7 Å². The summed E-state index contributed by atoms with van der Waals surface area (Å²) in [6.07, 6.45) is 1.82. The van der Waals surface area contributed by atoms with Gasteiger partial charge in [0.1, 0.15) is 5.75 Å². The molecule has 0 saturated carbocycles. The van der Waals surface area contributed by atoms with Gasteiger partial charge in [-0.25, -0.2) is 0 Å². The maximum Gasteiger partial charge on any atom is 0.174 e. The van der Waals surface area contributed by atoms with Crippen molar-refractivity contribution in [1.82, 2.24) is 10.3 Å². The summed E-state index contributed by atoms with van der Waals surface area (Å²) in [5, 5.41) is 6.22. The highest BCUT2D eigenvalue weighted by molar-refractivity contribution is 7.80. The second-order valence-corrected chi connectivity index (χ2v) is 7.05. The van der Waals surface area contributed by atoms with Crippen LogP contribution in [-0.2, 0) is 0 Å². The van der Waals surface area contributed by atoms with E-state index in [1.54, 1.807) is 18.4 Å². The molecule has 4 nitrogen and oxygen atoms in total. The van der Waals surface area contributed by atoms with Gasteiger partial charge in [0.15, 0.2) is 5.11 Å². The van der Waals surface area contributed by atoms with Crippen molar-refractivity contribution < 1.29 is 4.74 Å². The van der Waals surface area contributed by atoms with Crippen LogP contribution in [0, 0.1) is 0 Å². The molecule has 3 aromatic rings. The number of thiophene rings is 1. The lowest BCUT2D eigenvalue weighted by Crippen LogP contribution is -2.29. The molecule has 3 heterocycles. The third kappa shape index (κ3) is 2.88. The molecule has 2 aromatic heterocycles. The molecule has 2 atom stereocenters. The van der Waals surface area contributed by atoms with Gasteiger partial charge in [-0.05, 0) is 47.9 Å². The molecule has 1 saturated heterocycles. The lowest BCUT2D eigenvalue weighted by atomic mass is 10.0. The summed E-state index contributed by atoms with van der Waals surface area (Å²) in [5.74, 6) is 0.801. The zero-order chi connectivity index (χ0) is 17.2. The summed E-state index contributed by atoms with van der Waals surface area (Å²) in [5.41, 5.74) is 1.93. The molecule has 0 bridgehead atoms. The van der Waals surface area contributed by atoms with Crippen LogP contribution in [0.15, 0.2) is 66.2 Å². The summed E-state index contributed by atoms with van der Waals surface area (Å²) >= 11 is 7.42. The molecule has 0 amide bonds. The number of hydrogen-bond donors (Lipinski definition) is 1. The fourth-order valence-electron chi connectivity index (χ4n) is 3.19. The van der Waals surface area contributed by atoms with E-state index in [-0.39, 0.29) is 12.1 Å². The average molecular weight is 367 g/mol. The van der Waals surface area contributed by atoms with Gasteiger partial charge in [-0.3, -0.25) is 4.98 Å². The fourth-order valence-corrected chi connectivity index (χ4v) is 4.38. The van der Waals surface area contributed by atoms with Crippen molar-refractivity contribution in [3.63, 3.8) is 0 Å². The third-order valence-corrected chi connectivity index (χ3v) is 5.54. The van der Waals surface area contributed by atoms with Gasteiger partial charge in [0.2, 0.25) is 0 Å². The Morgan fingerprint density at radius 3 is 2.68 bits per heavy atom. The van der Waals surface area contributed by atoms with Crippen LogP contribution in [0.4, 0.5) is 5.69 Å². The molecule has 0 unspecified atom stereocenters. The van der Waals surface area contributed by atoms with Gasteiger partial charge < -0.3 is 15.0 Å². The van der Waals surface area contributed by atoms with Crippen molar-refractivity contribution in [2.45, 2.75) is 12.1 Å². The first-order valence-corrected chi connectivity index (χ1v) is 9.25. The molecule has 6 heteroatoms. The second-order valence-electron chi connectivity index (χ2n) is 5.68. The van der Waals surface area contributed by atoms with Gasteiger partial charge in [-0.1, -0.05) is 24.3 Å². The third-order valence-electron chi connectivity index (χ3n) is 4.28. The van der Waals surface area contributed by atoms with Crippen LogP contribution in [0.3, 0.4) is 0 Å². The van der Waals surface area contributed by atoms with Crippen molar-refractivity contribution in [3.05, 3.63) is 76.7 Å². The SMILES string of the molecule is COc1ccccc1N1C(=S)N[C@H](c2ccccn2)[C@H]1c1cccs1. The predicted octanol–water partition coefficient (Wildman–Crippen LogP) is 4.33. The summed E-state index contributed by atoms with van der Waals surface area (Å²) < 4.78 is 5.57. The molecule has 4 rings (SSSR count). The smallest absolute Gasteiger partial charge is 0.174 e. The number of ether oxygens (including phenoxy) is 1. The number of benzene rings is 1. The summed E-state index contributed by atoms with van der Waals surface area (Å²) in [6.45, 7) is 0. The summed E-state index contributed by atoms with van der Waals surface area (Å²) in [6, 6.07) is 18.1. The molecule has 126 valence electrons. The minimum Gasteiger partial charge on any atom is -0.495 e. The first-order chi connectivity index (χ1) is 12.3. The van der Waals surface area contributed by atoms with E-state index in [1.165, 1.54) is 4.88 Å². The molecular formula is C19H17N3OS2. The van der Waals surface area contributed by atoms with Crippen LogP contribution in [-0.4, -0.2) is 17.2 Å². The quantitative estimate of drug-likeness (QED) is 0.695. The van der Waals surface area contributed by atoms with Gasteiger partial charge >= 0.3 is 0 Å². The van der Waals surface area contributed by atoms with E-state index >= 15 is 0 Å². The Labute approximate surface area is 156 Å². The molecule has 0 aliphatic carbocycles. The van der Waals surface area contributed by atoms with Crippen molar-refractivity contribution >= 4 is 34.4 Å². The topological polar surface area (TPSA) is 37.4 Å². The largest absolute Gasteiger partial charge is 0.495 e. The number of para-hydroxylation sites is 2. The number of pyridine rings is 1. The Hall–Kier alpha value is -2.44. The lowest BCUT2D eigenvalue weighted by molar-refractivity contribution is 0.414. The predicted molar refractivity (Wildman–Crippen MR) is 105 cm³/mol. The maximum atomic E-state index is 5.69. The van der Waals surface area contributed by atoms with Crippen molar-refractivity contribution in [2.24, 2.45) is 0 Å². The number of aromatic nitrogens is 1. The van der Waals surface area contributed by atoms with Crippen LogP contribution >= 0.6 is 23.6 Å². The number of anilines is 1. The molecule has 1 N–H and O–H groups in total. The molecule has 0 radical (unpaired) electrons. The number of nitrogens with one attached hydrogen (secondary N) is 1. The zero-order valence-corrected chi connectivity index (χ0v) is 15.3. The lowest BCUT2D eigenvalue weighted by Gasteiger charge is -2.28. The van der Waals surface area contributed by atoms with Gasteiger partial charge in [-0.15, -0.1) is 11.3 Å². The number of methoxy groups -OCH3 is 1. The van der Waals surface area contributed by atoms with E-state index < -0.39 is 0 Å². The highest BCUT2D eigenvalue weighted by Gasteiger charge is 2.42. The Morgan fingerprint density at radius 1 is 1.12 bits per heavy atom. The van der Waals surface area contributed by atoms with E-state index in [0.29, 0.717) is 5.11 Å². The molecule has 1 fully saturated rings. The number of hydrogen-bond acceptors (Lipinski definition) is 4. The van der Waals surface area contributed by atoms with E-state index in [2.05, 4.69) is 32.7 Å². The van der Waals surface area contributed by atoms with Gasteiger partial charge in [0, 0.05) is 11.1 Å². The number of thiocarbonyl (C=S) groups is 1. The standard InChI is InChI=1S/C19H17N3OS2/c1-23-15-9-3-2-8-14(15)22-18(16-10-6-12-25-16)17(21-19(22)24)13-7-4-5-11-20-13/h2-12,17-18H,1H3,(H,21,24)/t17-,18-/m1/s1. The maximum absolute atomic E-state index is 5.69. The van der Waals surface area contributed by atoms with E-state index in [9.17, 15) is 0 Å². The molecule has 1 aliphatic rings. The monoisotopic (exact) mass is 367 g/mol. The van der Waals surface area contributed by atoms with Gasteiger partial charge in [-0.2, -0.15) is 0 Å². The molecule has 0 spiro atoms. The Bertz CT molecular complexity index is 867. The van der Waals surface area contributed by atoms with Crippen LogP contribution in [0.2, 0.25) is 0 Å². The Balaban J connectivity index is 1.84. The van der Waals surface area contributed by atoms with Gasteiger partial charge in [0.25, 0.3) is 0 Å². The second kappa shape index (κ2) is 6.82. The molecule has 25 heavy (non-hydrogen) atoms. The first-order valence-electron chi connectivity index (χ1n) is 7.96. The van der Waals surface area contributed by atoms with Crippen LogP contribution in [0.5, 0.6) is 5.75 Å². The first kappa shape index (κ1) is 16.1. The summed E-state index contributed by atoms with van der Waals surface area (Å²) in [4.78, 5) is 7.92.